The Morgan fingerprint density at radius 3 is 2.47 bits per heavy atom. The van der Waals surface area contributed by atoms with Gasteiger partial charge in [0, 0.05) is 11.6 Å². The molecule has 88 valence electrons. The average molecular weight is 292 g/mol. The van der Waals surface area contributed by atoms with Crippen molar-refractivity contribution >= 4 is 40.5 Å². The Hall–Kier alpha value is -1.03. The van der Waals surface area contributed by atoms with Gasteiger partial charge >= 0.3 is 0 Å². The number of nitrogen functional groups attached to an aromatic ring is 1. The van der Waals surface area contributed by atoms with Crippen LogP contribution in [0, 0.1) is 5.82 Å². The second kappa shape index (κ2) is 4.69. The quantitative estimate of drug-likeness (QED) is 0.789. The van der Waals surface area contributed by atoms with Gasteiger partial charge in [0.05, 0.1) is 32.6 Å². The third-order valence-corrected chi connectivity index (χ3v) is 3.47. The average Bonchev–Trinajstić information content (AvgIpc) is 2.28. The van der Waals surface area contributed by atoms with Crippen molar-refractivity contribution in [3.8, 4) is 11.3 Å². The SMILES string of the molecule is Nc1cc(F)cnc1-c1ccc(Cl)c(Cl)c1Cl. The van der Waals surface area contributed by atoms with E-state index in [1.165, 1.54) is 6.07 Å². The van der Waals surface area contributed by atoms with Gasteiger partial charge < -0.3 is 5.73 Å². The molecule has 1 aromatic carbocycles. The first-order valence-corrected chi connectivity index (χ1v) is 5.69. The zero-order valence-corrected chi connectivity index (χ0v) is 10.6. The number of halogens is 4. The maximum Gasteiger partial charge on any atom is 0.143 e. The summed E-state index contributed by atoms with van der Waals surface area (Å²) >= 11 is 17.8. The molecule has 6 heteroatoms. The number of hydrogen-bond acceptors (Lipinski definition) is 2. The van der Waals surface area contributed by atoms with E-state index in [0.717, 1.165) is 6.20 Å². The minimum Gasteiger partial charge on any atom is -0.397 e. The highest BCUT2D eigenvalue weighted by atomic mass is 35.5. The summed E-state index contributed by atoms with van der Waals surface area (Å²) in [6, 6.07) is 4.38. The summed E-state index contributed by atoms with van der Waals surface area (Å²) in [6.45, 7) is 0. The van der Waals surface area contributed by atoms with Gasteiger partial charge in [-0.15, -0.1) is 0 Å². The van der Waals surface area contributed by atoms with Crippen LogP contribution in [0.2, 0.25) is 15.1 Å². The van der Waals surface area contributed by atoms with Crippen LogP contribution in [0.15, 0.2) is 24.4 Å². The molecule has 1 aromatic heterocycles. The van der Waals surface area contributed by atoms with Crippen LogP contribution in [0.3, 0.4) is 0 Å². The molecule has 0 radical (unpaired) electrons. The van der Waals surface area contributed by atoms with E-state index in [9.17, 15) is 4.39 Å². The molecule has 2 nitrogen and oxygen atoms in total. The molecule has 0 aliphatic carbocycles. The first-order valence-electron chi connectivity index (χ1n) is 4.55. The molecule has 0 atom stereocenters. The van der Waals surface area contributed by atoms with Gasteiger partial charge in [-0.05, 0) is 12.1 Å². The van der Waals surface area contributed by atoms with Gasteiger partial charge in [-0.2, -0.15) is 0 Å². The van der Waals surface area contributed by atoms with Crippen LogP contribution in [0.25, 0.3) is 11.3 Å². The predicted octanol–water partition coefficient (Wildman–Crippen LogP) is 4.43. The lowest BCUT2D eigenvalue weighted by Crippen LogP contribution is -1.95. The summed E-state index contributed by atoms with van der Waals surface area (Å²) in [5, 5.41) is 0.794. The number of nitrogens with two attached hydrogens (primary N) is 1. The van der Waals surface area contributed by atoms with Crippen LogP contribution in [-0.2, 0) is 0 Å². The molecule has 2 N–H and O–H groups in total. The van der Waals surface area contributed by atoms with E-state index in [-0.39, 0.29) is 15.7 Å². The fraction of sp³-hybridized carbons (Fsp3) is 0. The third-order valence-electron chi connectivity index (χ3n) is 2.17. The summed E-state index contributed by atoms with van der Waals surface area (Å²) in [4.78, 5) is 3.89. The monoisotopic (exact) mass is 290 g/mol. The predicted molar refractivity (Wildman–Crippen MR) is 69.1 cm³/mol. The number of benzene rings is 1. The molecule has 0 saturated carbocycles. The van der Waals surface area contributed by atoms with Gasteiger partial charge in [-0.25, -0.2) is 4.39 Å². The van der Waals surface area contributed by atoms with E-state index in [1.807, 2.05) is 0 Å². The van der Waals surface area contributed by atoms with Crippen LogP contribution in [0.4, 0.5) is 10.1 Å². The number of rotatable bonds is 1. The highest BCUT2D eigenvalue weighted by molar-refractivity contribution is 6.49. The highest BCUT2D eigenvalue weighted by Crippen LogP contribution is 2.38. The smallest absolute Gasteiger partial charge is 0.143 e. The lowest BCUT2D eigenvalue weighted by molar-refractivity contribution is 0.622. The Kier molecular flexibility index (Phi) is 3.43. The van der Waals surface area contributed by atoms with Crippen LogP contribution in [0.5, 0.6) is 0 Å². The Labute approximate surface area is 112 Å². The minimum absolute atomic E-state index is 0.185. The molecule has 0 spiro atoms. The van der Waals surface area contributed by atoms with E-state index >= 15 is 0 Å². The molecule has 0 fully saturated rings. The Morgan fingerprint density at radius 2 is 1.82 bits per heavy atom. The Bertz CT molecular complexity index is 587. The van der Waals surface area contributed by atoms with Crippen molar-refractivity contribution in [1.29, 1.82) is 0 Å². The van der Waals surface area contributed by atoms with E-state index < -0.39 is 5.82 Å². The summed E-state index contributed by atoms with van der Waals surface area (Å²) < 4.78 is 12.9. The number of anilines is 1. The number of hydrogen-bond donors (Lipinski definition) is 1. The van der Waals surface area contributed by atoms with Gasteiger partial charge in [0.15, 0.2) is 0 Å². The second-order valence-corrected chi connectivity index (χ2v) is 4.48. The van der Waals surface area contributed by atoms with Crippen LogP contribution in [0.1, 0.15) is 0 Å². The van der Waals surface area contributed by atoms with Crippen LogP contribution < -0.4 is 5.73 Å². The zero-order chi connectivity index (χ0) is 12.6. The largest absolute Gasteiger partial charge is 0.397 e. The molecule has 0 unspecified atom stereocenters. The number of nitrogens with zero attached hydrogens (tertiary/aromatic N) is 1. The first-order chi connectivity index (χ1) is 8.00. The fourth-order valence-corrected chi connectivity index (χ4v) is 2.01. The van der Waals surface area contributed by atoms with E-state index in [4.69, 9.17) is 40.5 Å². The van der Waals surface area contributed by atoms with Gasteiger partial charge in [-0.1, -0.05) is 34.8 Å². The van der Waals surface area contributed by atoms with Crippen molar-refractivity contribution in [2.24, 2.45) is 0 Å². The zero-order valence-electron chi connectivity index (χ0n) is 8.35. The normalized spacial score (nSPS) is 10.6. The summed E-state index contributed by atoms with van der Waals surface area (Å²) in [7, 11) is 0. The Balaban J connectivity index is 2.65. The molecule has 2 aromatic rings. The molecule has 0 amide bonds. The maximum atomic E-state index is 12.9. The molecular weight excluding hydrogens is 285 g/mol. The van der Waals surface area contributed by atoms with Crippen LogP contribution in [-0.4, -0.2) is 4.98 Å². The standard InChI is InChI=1S/C11H6Cl3FN2/c12-7-2-1-6(9(13)10(7)14)11-8(16)3-5(15)4-17-11/h1-4H,16H2. The molecule has 0 bridgehead atoms. The summed E-state index contributed by atoms with van der Waals surface area (Å²) in [5.41, 5.74) is 6.74. The van der Waals surface area contributed by atoms with E-state index in [2.05, 4.69) is 4.98 Å². The van der Waals surface area contributed by atoms with Gasteiger partial charge in [0.25, 0.3) is 0 Å². The maximum absolute atomic E-state index is 12.9. The highest BCUT2D eigenvalue weighted by Gasteiger charge is 2.14. The molecule has 2 rings (SSSR count). The second-order valence-electron chi connectivity index (χ2n) is 3.31. The Morgan fingerprint density at radius 1 is 1.12 bits per heavy atom. The molecule has 1 heterocycles. The van der Waals surface area contributed by atoms with Crippen molar-refractivity contribution < 1.29 is 4.39 Å². The minimum atomic E-state index is -0.512. The molecule has 0 aliphatic heterocycles. The summed E-state index contributed by atoms with van der Waals surface area (Å²) in [5.74, 6) is -0.512. The van der Waals surface area contributed by atoms with Crippen LogP contribution >= 0.6 is 34.8 Å². The lowest BCUT2D eigenvalue weighted by atomic mass is 10.1. The number of pyridine rings is 1. The topological polar surface area (TPSA) is 38.9 Å². The van der Waals surface area contributed by atoms with Gasteiger partial charge in [0.1, 0.15) is 5.82 Å². The van der Waals surface area contributed by atoms with Gasteiger partial charge in [-0.3, -0.25) is 4.98 Å². The van der Waals surface area contributed by atoms with Crippen molar-refractivity contribution in [3.63, 3.8) is 0 Å². The van der Waals surface area contributed by atoms with Crippen molar-refractivity contribution in [1.82, 2.24) is 4.98 Å². The number of aromatic nitrogens is 1. The molecule has 17 heavy (non-hydrogen) atoms. The third kappa shape index (κ3) is 2.32. The lowest BCUT2D eigenvalue weighted by Gasteiger charge is -2.08. The van der Waals surface area contributed by atoms with Crippen molar-refractivity contribution in [3.05, 3.63) is 45.3 Å². The van der Waals surface area contributed by atoms with Crippen molar-refractivity contribution in [2.45, 2.75) is 0 Å². The fourth-order valence-electron chi connectivity index (χ4n) is 1.39. The molecule has 0 aliphatic rings. The van der Waals surface area contributed by atoms with E-state index in [0.29, 0.717) is 16.3 Å². The molecular formula is C11H6Cl3FN2. The van der Waals surface area contributed by atoms with E-state index in [1.54, 1.807) is 12.1 Å². The summed E-state index contributed by atoms with van der Waals surface area (Å²) in [6.07, 6.45) is 1.06. The first kappa shape index (κ1) is 12.4. The molecule has 0 saturated heterocycles. The van der Waals surface area contributed by atoms with Gasteiger partial charge in [0.2, 0.25) is 0 Å². The van der Waals surface area contributed by atoms with Crippen molar-refractivity contribution in [2.75, 3.05) is 5.73 Å².